The zero-order chi connectivity index (χ0) is 15.5. The minimum atomic E-state index is -0.458. The Balaban J connectivity index is 1.79. The normalized spacial score (nSPS) is 15.0. The first-order chi connectivity index (χ1) is 10.7. The van der Waals surface area contributed by atoms with E-state index in [4.69, 9.17) is 9.47 Å². The van der Waals surface area contributed by atoms with Gasteiger partial charge in [0.15, 0.2) is 17.2 Å². The highest BCUT2D eigenvalue weighted by Gasteiger charge is 2.21. The Hall–Kier alpha value is -1.18. The van der Waals surface area contributed by atoms with Gasteiger partial charge in [0.25, 0.3) is 0 Å². The van der Waals surface area contributed by atoms with Gasteiger partial charge in [-0.2, -0.15) is 0 Å². The van der Waals surface area contributed by atoms with E-state index in [1.54, 1.807) is 18.6 Å². The van der Waals surface area contributed by atoms with Crippen LogP contribution in [0.25, 0.3) is 0 Å². The van der Waals surface area contributed by atoms with Crippen LogP contribution < -0.4 is 9.47 Å². The van der Waals surface area contributed by atoms with Crippen LogP contribution in [0.15, 0.2) is 23.6 Å². The molecule has 3 rings (SSSR count). The van der Waals surface area contributed by atoms with Crippen molar-refractivity contribution in [1.82, 2.24) is 4.98 Å². The highest BCUT2D eigenvalue weighted by molar-refractivity contribution is 8.19. The summed E-state index contributed by atoms with van der Waals surface area (Å²) in [4.78, 5) is 16.2. The lowest BCUT2D eigenvalue weighted by Gasteiger charge is -2.13. The Kier molecular flexibility index (Phi) is 4.95. The fraction of sp³-hybridized carbons (Fsp3) is 0.333. The predicted molar refractivity (Wildman–Crippen MR) is 92.5 cm³/mol. The van der Waals surface area contributed by atoms with E-state index >= 15 is 0 Å². The van der Waals surface area contributed by atoms with E-state index < -0.39 is 5.97 Å². The molecular formula is C15H15NO3S3. The molecule has 2 heterocycles. The van der Waals surface area contributed by atoms with Crippen molar-refractivity contribution in [2.75, 3.05) is 18.6 Å². The minimum Gasteiger partial charge on any atom is -0.493 e. The van der Waals surface area contributed by atoms with E-state index in [2.05, 4.69) is 4.98 Å². The maximum atomic E-state index is 12.1. The average Bonchev–Trinajstić information content (AvgIpc) is 3.19. The number of methoxy groups -OCH3 is 1. The van der Waals surface area contributed by atoms with Gasteiger partial charge in [-0.15, -0.1) is 34.9 Å². The molecule has 0 spiro atoms. The highest BCUT2D eigenvalue weighted by atomic mass is 32.2. The summed E-state index contributed by atoms with van der Waals surface area (Å²) in [7, 11) is 1.58. The molecule has 0 unspecified atom stereocenters. The number of aromatic nitrogens is 1. The minimum absolute atomic E-state index is 0.329. The Morgan fingerprint density at radius 2 is 2.05 bits per heavy atom. The Morgan fingerprint density at radius 1 is 1.27 bits per heavy atom. The summed E-state index contributed by atoms with van der Waals surface area (Å²) < 4.78 is 11.2. The van der Waals surface area contributed by atoms with Gasteiger partial charge in [0.1, 0.15) is 0 Å². The van der Waals surface area contributed by atoms with Gasteiger partial charge in [0, 0.05) is 16.9 Å². The number of hydrogen-bond acceptors (Lipinski definition) is 7. The van der Waals surface area contributed by atoms with Crippen LogP contribution in [0, 0.1) is 6.92 Å². The van der Waals surface area contributed by atoms with Crippen LogP contribution in [0.3, 0.4) is 0 Å². The lowest BCUT2D eigenvalue weighted by molar-refractivity contribution is 0.0724. The SMILES string of the molecule is COc1cc(C2SCCS2)ccc1OC(=O)c1csc(C)n1. The van der Waals surface area contributed by atoms with Gasteiger partial charge in [0.05, 0.1) is 16.7 Å². The number of rotatable bonds is 4. The first-order valence-corrected chi connectivity index (χ1v) is 9.70. The van der Waals surface area contributed by atoms with Gasteiger partial charge in [-0.05, 0) is 24.6 Å². The predicted octanol–water partition coefficient (Wildman–Crippen LogP) is 4.16. The van der Waals surface area contributed by atoms with Crippen LogP contribution in [-0.4, -0.2) is 29.6 Å². The fourth-order valence-electron chi connectivity index (χ4n) is 2.08. The topological polar surface area (TPSA) is 48.4 Å². The van der Waals surface area contributed by atoms with Crippen molar-refractivity contribution in [2.45, 2.75) is 11.5 Å². The Bertz CT molecular complexity index is 680. The number of benzene rings is 1. The molecule has 7 heteroatoms. The first kappa shape index (κ1) is 15.7. The molecule has 1 aromatic carbocycles. The van der Waals surface area contributed by atoms with E-state index in [1.807, 2.05) is 42.6 Å². The quantitative estimate of drug-likeness (QED) is 0.608. The van der Waals surface area contributed by atoms with Gasteiger partial charge in [0.2, 0.25) is 0 Å². The Labute approximate surface area is 141 Å². The molecule has 1 aliphatic rings. The molecule has 0 atom stereocenters. The molecule has 4 nitrogen and oxygen atoms in total. The van der Waals surface area contributed by atoms with Crippen LogP contribution >= 0.6 is 34.9 Å². The van der Waals surface area contributed by atoms with Crippen molar-refractivity contribution in [3.8, 4) is 11.5 Å². The van der Waals surface area contributed by atoms with E-state index in [-0.39, 0.29) is 0 Å². The maximum Gasteiger partial charge on any atom is 0.363 e. The summed E-state index contributed by atoms with van der Waals surface area (Å²) in [5, 5.41) is 2.54. The molecule has 0 aliphatic carbocycles. The molecule has 1 aromatic heterocycles. The molecule has 1 saturated heterocycles. The molecule has 0 radical (unpaired) electrons. The number of thiazole rings is 1. The van der Waals surface area contributed by atoms with Gasteiger partial charge in [-0.1, -0.05) is 6.07 Å². The number of thioether (sulfide) groups is 2. The molecule has 2 aromatic rings. The third kappa shape index (κ3) is 3.42. The van der Waals surface area contributed by atoms with E-state index in [0.29, 0.717) is 21.8 Å². The molecule has 0 N–H and O–H groups in total. The van der Waals surface area contributed by atoms with Crippen molar-refractivity contribution in [1.29, 1.82) is 0 Å². The smallest absolute Gasteiger partial charge is 0.363 e. The fourth-order valence-corrected chi connectivity index (χ4v) is 5.50. The highest BCUT2D eigenvalue weighted by Crippen LogP contribution is 2.46. The van der Waals surface area contributed by atoms with Crippen LogP contribution in [-0.2, 0) is 0 Å². The largest absolute Gasteiger partial charge is 0.493 e. The van der Waals surface area contributed by atoms with Gasteiger partial charge >= 0.3 is 5.97 Å². The molecule has 116 valence electrons. The molecule has 1 fully saturated rings. The number of carbonyl (C=O) groups excluding carboxylic acids is 1. The maximum absolute atomic E-state index is 12.1. The number of esters is 1. The third-order valence-corrected chi connectivity index (χ3v) is 6.99. The second-order valence-corrected chi connectivity index (χ2v) is 8.41. The van der Waals surface area contributed by atoms with Crippen molar-refractivity contribution < 1.29 is 14.3 Å². The van der Waals surface area contributed by atoms with E-state index in [9.17, 15) is 4.79 Å². The number of carbonyl (C=O) groups is 1. The first-order valence-electron chi connectivity index (χ1n) is 6.73. The van der Waals surface area contributed by atoms with Crippen molar-refractivity contribution in [2.24, 2.45) is 0 Å². The summed E-state index contributed by atoms with van der Waals surface area (Å²) in [5.74, 6) is 2.87. The zero-order valence-corrected chi connectivity index (χ0v) is 14.6. The molecule has 22 heavy (non-hydrogen) atoms. The molecule has 0 amide bonds. The number of ether oxygens (including phenoxy) is 2. The van der Waals surface area contributed by atoms with Crippen molar-refractivity contribution in [3.05, 3.63) is 39.8 Å². The lowest BCUT2D eigenvalue weighted by Crippen LogP contribution is -2.10. The van der Waals surface area contributed by atoms with Crippen LogP contribution in [0.5, 0.6) is 11.5 Å². The van der Waals surface area contributed by atoms with Crippen molar-refractivity contribution in [3.63, 3.8) is 0 Å². The van der Waals surface area contributed by atoms with Crippen LogP contribution in [0.2, 0.25) is 0 Å². The molecule has 0 bridgehead atoms. The summed E-state index contributed by atoms with van der Waals surface area (Å²) in [6.45, 7) is 1.85. The van der Waals surface area contributed by atoms with E-state index in [0.717, 1.165) is 16.5 Å². The number of hydrogen-bond donors (Lipinski definition) is 0. The van der Waals surface area contributed by atoms with E-state index in [1.165, 1.54) is 16.9 Å². The zero-order valence-electron chi connectivity index (χ0n) is 12.2. The summed E-state index contributed by atoms with van der Waals surface area (Å²) >= 11 is 5.27. The van der Waals surface area contributed by atoms with Crippen molar-refractivity contribution >= 4 is 40.8 Å². The molecule has 1 aliphatic heterocycles. The summed E-state index contributed by atoms with van der Waals surface area (Å²) in [6, 6.07) is 5.74. The van der Waals surface area contributed by atoms with Gasteiger partial charge in [-0.25, -0.2) is 9.78 Å². The van der Waals surface area contributed by atoms with Crippen LogP contribution in [0.1, 0.15) is 25.6 Å². The second kappa shape index (κ2) is 6.93. The standard InChI is InChI=1S/C15H15NO3S3/c1-9-16-11(8-22-9)14(17)19-12-4-3-10(7-13(12)18-2)15-20-5-6-21-15/h3-4,7-8,15H,5-6H2,1-2H3. The Morgan fingerprint density at radius 3 is 2.68 bits per heavy atom. The van der Waals surface area contributed by atoms with Gasteiger partial charge < -0.3 is 9.47 Å². The number of aryl methyl sites for hydroxylation is 1. The summed E-state index contributed by atoms with van der Waals surface area (Å²) in [6.07, 6.45) is 0. The molecular weight excluding hydrogens is 338 g/mol. The third-order valence-electron chi connectivity index (χ3n) is 3.11. The lowest BCUT2D eigenvalue weighted by atomic mass is 10.2. The van der Waals surface area contributed by atoms with Crippen LogP contribution in [0.4, 0.5) is 0 Å². The summed E-state index contributed by atoms with van der Waals surface area (Å²) in [5.41, 5.74) is 1.52. The second-order valence-electron chi connectivity index (χ2n) is 4.63. The average molecular weight is 353 g/mol. The number of nitrogens with zero attached hydrogens (tertiary/aromatic N) is 1. The monoisotopic (exact) mass is 353 g/mol. The molecule has 0 saturated carbocycles. The van der Waals surface area contributed by atoms with Gasteiger partial charge in [-0.3, -0.25) is 0 Å².